The number of hydrogen-bond donors (Lipinski definition) is 1. The summed E-state index contributed by atoms with van der Waals surface area (Å²) < 4.78 is 6.26. The third kappa shape index (κ3) is 3.86. The van der Waals surface area contributed by atoms with Gasteiger partial charge in [-0.1, -0.05) is 52.3 Å². The Morgan fingerprint density at radius 1 is 0.900 bits per heavy atom. The zero-order valence-corrected chi connectivity index (χ0v) is 17.8. The molecule has 3 aromatic carbocycles. The number of nitrogens with one attached hydrogen (secondary N) is 1. The molecule has 4 rings (SSSR count). The summed E-state index contributed by atoms with van der Waals surface area (Å²) >= 11 is 3.41. The van der Waals surface area contributed by atoms with Gasteiger partial charge in [0.15, 0.2) is 0 Å². The maximum absolute atomic E-state index is 13.3. The lowest BCUT2D eigenvalue weighted by atomic mass is 10.0. The van der Waals surface area contributed by atoms with Gasteiger partial charge in [0.25, 0.3) is 11.8 Å². The van der Waals surface area contributed by atoms with Gasteiger partial charge in [0.2, 0.25) is 0 Å². The first kappa shape index (κ1) is 19.9. The molecule has 2 amide bonds. The van der Waals surface area contributed by atoms with E-state index in [0.717, 1.165) is 10.2 Å². The summed E-state index contributed by atoms with van der Waals surface area (Å²) in [5.74, 6) is -0.0199. The summed E-state index contributed by atoms with van der Waals surface area (Å²) in [6.07, 6.45) is 0. The van der Waals surface area contributed by atoms with Gasteiger partial charge in [0.05, 0.1) is 17.9 Å². The Balaban J connectivity index is 1.75. The number of rotatable bonds is 6. The van der Waals surface area contributed by atoms with Crippen molar-refractivity contribution in [1.29, 1.82) is 0 Å². The number of ether oxygens (including phenoxy) is 1. The van der Waals surface area contributed by atoms with Crippen LogP contribution >= 0.6 is 15.9 Å². The third-order valence-corrected chi connectivity index (χ3v) is 5.14. The van der Waals surface area contributed by atoms with Crippen molar-refractivity contribution < 1.29 is 14.3 Å². The van der Waals surface area contributed by atoms with E-state index in [0.29, 0.717) is 29.1 Å². The Bertz CT molecular complexity index is 1120. The van der Waals surface area contributed by atoms with Crippen molar-refractivity contribution in [3.05, 3.63) is 94.6 Å². The molecule has 0 spiro atoms. The smallest absolute Gasteiger partial charge is 0.282 e. The van der Waals surface area contributed by atoms with Crippen LogP contribution in [0.3, 0.4) is 0 Å². The fourth-order valence-electron chi connectivity index (χ4n) is 3.31. The summed E-state index contributed by atoms with van der Waals surface area (Å²) in [5, 5.41) is 3.15. The van der Waals surface area contributed by atoms with Crippen LogP contribution in [0.4, 0.5) is 11.4 Å². The summed E-state index contributed by atoms with van der Waals surface area (Å²) in [4.78, 5) is 27.9. The molecule has 3 aromatic rings. The van der Waals surface area contributed by atoms with Gasteiger partial charge in [0, 0.05) is 10.2 Å². The number of benzene rings is 3. The van der Waals surface area contributed by atoms with E-state index in [1.807, 2.05) is 67.6 Å². The van der Waals surface area contributed by atoms with E-state index in [1.165, 1.54) is 4.90 Å². The molecule has 0 aliphatic carbocycles. The van der Waals surface area contributed by atoms with Crippen molar-refractivity contribution >= 4 is 44.7 Å². The second-order valence-electron chi connectivity index (χ2n) is 6.62. The molecule has 1 heterocycles. The number of amides is 2. The molecule has 30 heavy (non-hydrogen) atoms. The average molecular weight is 463 g/mol. The molecule has 0 saturated carbocycles. The molecule has 6 heteroatoms. The molecule has 0 bridgehead atoms. The monoisotopic (exact) mass is 462 g/mol. The van der Waals surface area contributed by atoms with Crippen LogP contribution in [0.5, 0.6) is 5.75 Å². The Labute approximate surface area is 183 Å². The lowest BCUT2D eigenvalue weighted by Crippen LogP contribution is -2.32. The highest BCUT2D eigenvalue weighted by Crippen LogP contribution is 2.34. The predicted molar refractivity (Wildman–Crippen MR) is 121 cm³/mol. The van der Waals surface area contributed by atoms with E-state index in [2.05, 4.69) is 21.2 Å². The van der Waals surface area contributed by atoms with Gasteiger partial charge in [-0.15, -0.1) is 0 Å². The van der Waals surface area contributed by atoms with Crippen LogP contribution in [0.2, 0.25) is 0 Å². The highest BCUT2D eigenvalue weighted by atomic mass is 79.9. The SMILES string of the molecule is CCOc1ccc(NC2=C(c3ccccc3)C(=O)N(c3cccc(Br)c3)C2=O)cc1. The van der Waals surface area contributed by atoms with Crippen LogP contribution < -0.4 is 15.0 Å². The standard InChI is InChI=1S/C24H19BrN2O3/c1-2-30-20-13-11-18(12-14-20)26-22-21(16-7-4-3-5-8-16)23(28)27(24(22)29)19-10-6-9-17(25)15-19/h3-15,26H,2H2,1H3. The van der Waals surface area contributed by atoms with Gasteiger partial charge in [-0.25, -0.2) is 4.90 Å². The first-order chi connectivity index (χ1) is 14.6. The Morgan fingerprint density at radius 3 is 2.30 bits per heavy atom. The van der Waals surface area contributed by atoms with E-state index in [1.54, 1.807) is 18.2 Å². The average Bonchev–Trinajstić information content (AvgIpc) is 3.00. The zero-order valence-electron chi connectivity index (χ0n) is 16.3. The molecule has 0 aromatic heterocycles. The Hall–Kier alpha value is -3.38. The number of nitrogens with zero attached hydrogens (tertiary/aromatic N) is 1. The maximum Gasteiger partial charge on any atom is 0.282 e. The fraction of sp³-hybridized carbons (Fsp3) is 0.0833. The Morgan fingerprint density at radius 2 is 1.63 bits per heavy atom. The number of halogens is 1. The summed E-state index contributed by atoms with van der Waals surface area (Å²) in [5.41, 5.74) is 2.47. The molecule has 0 unspecified atom stereocenters. The van der Waals surface area contributed by atoms with Crippen molar-refractivity contribution in [3.63, 3.8) is 0 Å². The van der Waals surface area contributed by atoms with Crippen molar-refractivity contribution in [2.24, 2.45) is 0 Å². The van der Waals surface area contributed by atoms with E-state index >= 15 is 0 Å². The second kappa shape index (κ2) is 8.55. The molecule has 0 saturated heterocycles. The van der Waals surface area contributed by atoms with E-state index in [-0.39, 0.29) is 11.6 Å². The molecule has 150 valence electrons. The van der Waals surface area contributed by atoms with E-state index < -0.39 is 5.91 Å². The topological polar surface area (TPSA) is 58.6 Å². The number of carbonyl (C=O) groups excluding carboxylic acids is 2. The van der Waals surface area contributed by atoms with Crippen molar-refractivity contribution in [3.8, 4) is 5.75 Å². The van der Waals surface area contributed by atoms with Crippen molar-refractivity contribution in [2.75, 3.05) is 16.8 Å². The summed E-state index contributed by atoms with van der Waals surface area (Å²) in [6.45, 7) is 2.49. The van der Waals surface area contributed by atoms with Crippen LogP contribution in [0.15, 0.2) is 89.0 Å². The number of anilines is 2. The second-order valence-corrected chi connectivity index (χ2v) is 7.54. The highest BCUT2D eigenvalue weighted by molar-refractivity contribution is 9.10. The number of carbonyl (C=O) groups is 2. The van der Waals surface area contributed by atoms with Crippen LogP contribution in [0.1, 0.15) is 12.5 Å². The minimum atomic E-state index is -0.397. The molecule has 1 aliphatic heterocycles. The molecule has 0 radical (unpaired) electrons. The van der Waals surface area contributed by atoms with Gasteiger partial charge in [-0.2, -0.15) is 0 Å². The summed E-state index contributed by atoms with van der Waals surface area (Å²) in [7, 11) is 0. The molecule has 5 nitrogen and oxygen atoms in total. The number of hydrogen-bond acceptors (Lipinski definition) is 4. The zero-order chi connectivity index (χ0) is 21.1. The molecule has 1 aliphatic rings. The normalized spacial score (nSPS) is 13.7. The maximum atomic E-state index is 13.3. The van der Waals surface area contributed by atoms with Gasteiger partial charge in [0.1, 0.15) is 11.4 Å². The quantitative estimate of drug-likeness (QED) is 0.508. The van der Waals surface area contributed by atoms with Gasteiger partial charge < -0.3 is 10.1 Å². The first-order valence-corrected chi connectivity index (χ1v) is 10.3. The third-order valence-electron chi connectivity index (χ3n) is 4.65. The summed E-state index contributed by atoms with van der Waals surface area (Å²) in [6, 6.07) is 23.6. The molecule has 1 N–H and O–H groups in total. The minimum absolute atomic E-state index is 0.246. The van der Waals surface area contributed by atoms with Crippen LogP contribution in [-0.4, -0.2) is 18.4 Å². The fourth-order valence-corrected chi connectivity index (χ4v) is 3.70. The predicted octanol–water partition coefficient (Wildman–Crippen LogP) is 5.24. The van der Waals surface area contributed by atoms with E-state index in [4.69, 9.17) is 4.74 Å². The van der Waals surface area contributed by atoms with Gasteiger partial charge >= 0.3 is 0 Å². The molecular formula is C24H19BrN2O3. The van der Waals surface area contributed by atoms with Crippen molar-refractivity contribution in [2.45, 2.75) is 6.92 Å². The minimum Gasteiger partial charge on any atom is -0.494 e. The van der Waals surface area contributed by atoms with Crippen molar-refractivity contribution in [1.82, 2.24) is 0 Å². The first-order valence-electron chi connectivity index (χ1n) is 9.52. The molecular weight excluding hydrogens is 444 g/mol. The van der Waals surface area contributed by atoms with Gasteiger partial charge in [-0.3, -0.25) is 9.59 Å². The largest absolute Gasteiger partial charge is 0.494 e. The highest BCUT2D eigenvalue weighted by Gasteiger charge is 2.40. The van der Waals surface area contributed by atoms with Gasteiger partial charge in [-0.05, 0) is 55.0 Å². The molecule has 0 atom stereocenters. The Kier molecular flexibility index (Phi) is 5.68. The van der Waals surface area contributed by atoms with Crippen LogP contribution in [-0.2, 0) is 9.59 Å². The number of imide groups is 1. The van der Waals surface area contributed by atoms with E-state index in [9.17, 15) is 9.59 Å². The van der Waals surface area contributed by atoms with Crippen LogP contribution in [0, 0.1) is 0 Å². The lowest BCUT2D eigenvalue weighted by molar-refractivity contribution is -0.120. The van der Waals surface area contributed by atoms with Crippen LogP contribution in [0.25, 0.3) is 5.57 Å². The molecule has 0 fully saturated rings. The lowest BCUT2D eigenvalue weighted by Gasteiger charge is -2.15.